The van der Waals surface area contributed by atoms with E-state index in [0.717, 1.165) is 0 Å². The van der Waals surface area contributed by atoms with E-state index in [4.69, 9.17) is 19.3 Å². The van der Waals surface area contributed by atoms with Crippen molar-refractivity contribution in [1.82, 2.24) is 0 Å². The van der Waals surface area contributed by atoms with E-state index in [0.29, 0.717) is 17.9 Å². The van der Waals surface area contributed by atoms with Crippen molar-refractivity contribution in [2.24, 2.45) is 0 Å². The van der Waals surface area contributed by atoms with Gasteiger partial charge in [0.25, 0.3) is 0 Å². The highest BCUT2D eigenvalue weighted by atomic mass is 16.7. The van der Waals surface area contributed by atoms with E-state index >= 15 is 0 Å². The van der Waals surface area contributed by atoms with Gasteiger partial charge in [0.05, 0.1) is 12.2 Å². The normalized spacial score (nSPS) is 10.1. The lowest BCUT2D eigenvalue weighted by Crippen LogP contribution is -2.03. The first-order chi connectivity index (χ1) is 8.67. The van der Waals surface area contributed by atoms with Crippen LogP contribution in [-0.2, 0) is 16.1 Å². The van der Waals surface area contributed by atoms with Crippen LogP contribution in [-0.4, -0.2) is 31.6 Å². The van der Waals surface area contributed by atoms with Crippen LogP contribution >= 0.6 is 0 Å². The number of carbonyl (C=O) groups is 1. The third-order valence-corrected chi connectivity index (χ3v) is 2.05. The third-order valence-electron chi connectivity index (χ3n) is 2.05. The van der Waals surface area contributed by atoms with E-state index in [9.17, 15) is 4.79 Å². The molecule has 1 aromatic carbocycles. The molecule has 0 radical (unpaired) electrons. The maximum Gasteiger partial charge on any atom is 0.335 e. The molecule has 0 saturated carbocycles. The molecule has 0 aliphatic heterocycles. The number of benzene rings is 1. The predicted octanol–water partition coefficient (Wildman–Crippen LogP) is 2.07. The number of carboxylic acids is 1. The fourth-order valence-electron chi connectivity index (χ4n) is 1.35. The molecule has 0 amide bonds. The number of carboxylic acid groups (broad SMARTS) is 1. The van der Waals surface area contributed by atoms with Gasteiger partial charge in [-0.25, -0.2) is 4.79 Å². The fourth-order valence-corrected chi connectivity index (χ4v) is 1.35. The first kappa shape index (κ1) is 14.2. The summed E-state index contributed by atoms with van der Waals surface area (Å²) in [5.74, 6) is -0.530. The van der Waals surface area contributed by atoms with Crippen molar-refractivity contribution in [2.45, 2.75) is 6.61 Å². The van der Waals surface area contributed by atoms with Crippen LogP contribution in [0.4, 0.5) is 0 Å². The van der Waals surface area contributed by atoms with Gasteiger partial charge in [0.2, 0.25) is 0 Å². The Bertz CT molecular complexity index is 414. The number of rotatable bonds is 8. The van der Waals surface area contributed by atoms with E-state index in [1.54, 1.807) is 18.2 Å². The summed E-state index contributed by atoms with van der Waals surface area (Å²) in [6.45, 7) is 4.27. The van der Waals surface area contributed by atoms with E-state index in [1.165, 1.54) is 13.2 Å². The van der Waals surface area contributed by atoms with Crippen LogP contribution in [0.1, 0.15) is 15.9 Å². The maximum absolute atomic E-state index is 11.0. The first-order valence-corrected chi connectivity index (χ1v) is 5.35. The average Bonchev–Trinajstić information content (AvgIpc) is 2.36. The molecule has 0 spiro atoms. The molecule has 1 N–H and O–H groups in total. The number of ether oxygens (including phenoxy) is 3. The topological polar surface area (TPSA) is 65.0 Å². The molecule has 0 aliphatic rings. The molecule has 0 saturated heterocycles. The van der Waals surface area contributed by atoms with Gasteiger partial charge in [-0.1, -0.05) is 12.7 Å². The molecule has 0 fully saturated rings. The minimum absolute atomic E-state index is 0.153. The highest BCUT2D eigenvalue weighted by Gasteiger charge is 2.08. The molecular weight excluding hydrogens is 236 g/mol. The molecule has 0 heterocycles. The van der Waals surface area contributed by atoms with E-state index < -0.39 is 5.97 Å². The van der Waals surface area contributed by atoms with Gasteiger partial charge in [0.15, 0.2) is 0 Å². The lowest BCUT2D eigenvalue weighted by atomic mass is 10.1. The summed E-state index contributed by atoms with van der Waals surface area (Å²) in [5.41, 5.74) is 0.874. The van der Waals surface area contributed by atoms with Gasteiger partial charge in [-0.05, 0) is 23.8 Å². The lowest BCUT2D eigenvalue weighted by molar-refractivity contribution is -0.0391. The molecule has 1 aromatic rings. The van der Waals surface area contributed by atoms with E-state index in [1.807, 2.05) is 0 Å². The first-order valence-electron chi connectivity index (χ1n) is 5.35. The molecule has 0 aromatic heterocycles. The zero-order chi connectivity index (χ0) is 13.4. The van der Waals surface area contributed by atoms with Gasteiger partial charge < -0.3 is 19.3 Å². The van der Waals surface area contributed by atoms with Crippen molar-refractivity contribution < 1.29 is 24.1 Å². The van der Waals surface area contributed by atoms with Gasteiger partial charge in [0, 0.05) is 7.11 Å². The van der Waals surface area contributed by atoms with Crippen LogP contribution in [0, 0.1) is 0 Å². The summed E-state index contributed by atoms with van der Waals surface area (Å²) in [7, 11) is 1.52. The highest BCUT2D eigenvalue weighted by Crippen LogP contribution is 2.18. The van der Waals surface area contributed by atoms with Crippen LogP contribution in [0.25, 0.3) is 0 Å². The lowest BCUT2D eigenvalue weighted by Gasteiger charge is -2.09. The molecule has 0 unspecified atom stereocenters. The van der Waals surface area contributed by atoms with Gasteiger partial charge in [-0.15, -0.1) is 0 Å². The summed E-state index contributed by atoms with van der Waals surface area (Å²) < 4.78 is 15.3. The Labute approximate surface area is 106 Å². The van der Waals surface area contributed by atoms with Gasteiger partial charge >= 0.3 is 5.97 Å². The number of hydrogen-bond acceptors (Lipinski definition) is 4. The molecular formula is C13H16O5. The molecule has 5 heteroatoms. The molecule has 0 bridgehead atoms. The van der Waals surface area contributed by atoms with Crippen LogP contribution in [0.3, 0.4) is 0 Å². The molecule has 0 aliphatic carbocycles. The van der Waals surface area contributed by atoms with Crippen LogP contribution in [0.15, 0.2) is 30.9 Å². The van der Waals surface area contributed by atoms with Crippen LogP contribution in [0.5, 0.6) is 5.75 Å². The highest BCUT2D eigenvalue weighted by molar-refractivity contribution is 5.88. The zero-order valence-electron chi connectivity index (χ0n) is 10.2. The number of methoxy groups -OCH3 is 1. The van der Waals surface area contributed by atoms with Crippen molar-refractivity contribution in [3.05, 3.63) is 42.0 Å². The van der Waals surface area contributed by atoms with Crippen LogP contribution < -0.4 is 4.74 Å². The van der Waals surface area contributed by atoms with Crippen molar-refractivity contribution >= 4 is 5.97 Å². The Morgan fingerprint density at radius 2 is 2.22 bits per heavy atom. The smallest absolute Gasteiger partial charge is 0.335 e. The quantitative estimate of drug-likeness (QED) is 0.436. The zero-order valence-corrected chi connectivity index (χ0v) is 10.2. The molecule has 18 heavy (non-hydrogen) atoms. The van der Waals surface area contributed by atoms with Gasteiger partial charge in [-0.3, -0.25) is 0 Å². The second-order valence-electron chi connectivity index (χ2n) is 3.53. The van der Waals surface area contributed by atoms with Crippen LogP contribution in [0.2, 0.25) is 0 Å². The van der Waals surface area contributed by atoms with E-state index in [2.05, 4.69) is 6.58 Å². The Hall–Kier alpha value is -1.85. The standard InChI is InChI=1S/C13H16O5/c1-3-4-18-12-6-10(8-17-9-16-2)5-11(7-12)13(14)15/h3,5-7H,1,4,8-9H2,2H3,(H,14,15). The Morgan fingerprint density at radius 3 is 2.83 bits per heavy atom. The SMILES string of the molecule is C=CCOc1cc(COCOC)cc(C(=O)O)c1. The Balaban J connectivity index is 2.83. The summed E-state index contributed by atoms with van der Waals surface area (Å²) in [6, 6.07) is 4.73. The average molecular weight is 252 g/mol. The number of hydrogen-bond donors (Lipinski definition) is 1. The summed E-state index contributed by atoms with van der Waals surface area (Å²) in [6.07, 6.45) is 1.59. The van der Waals surface area contributed by atoms with Crippen molar-refractivity contribution in [3.8, 4) is 5.75 Å². The summed E-state index contributed by atoms with van der Waals surface area (Å²) in [4.78, 5) is 11.0. The summed E-state index contributed by atoms with van der Waals surface area (Å²) >= 11 is 0. The largest absolute Gasteiger partial charge is 0.490 e. The van der Waals surface area contributed by atoms with Gasteiger partial charge in [-0.2, -0.15) is 0 Å². The van der Waals surface area contributed by atoms with Crippen molar-refractivity contribution in [2.75, 3.05) is 20.5 Å². The second-order valence-corrected chi connectivity index (χ2v) is 3.53. The second kappa shape index (κ2) is 7.47. The minimum atomic E-state index is -1.01. The summed E-state index contributed by atoms with van der Waals surface area (Å²) in [5, 5.41) is 8.99. The number of aromatic carboxylic acids is 1. The fraction of sp³-hybridized carbons (Fsp3) is 0.308. The molecule has 5 nitrogen and oxygen atoms in total. The predicted molar refractivity (Wildman–Crippen MR) is 65.8 cm³/mol. The Morgan fingerprint density at radius 1 is 1.44 bits per heavy atom. The monoisotopic (exact) mass is 252 g/mol. The molecule has 1 rings (SSSR count). The third kappa shape index (κ3) is 4.57. The van der Waals surface area contributed by atoms with Crippen molar-refractivity contribution in [3.63, 3.8) is 0 Å². The minimum Gasteiger partial charge on any atom is -0.490 e. The van der Waals surface area contributed by atoms with Gasteiger partial charge in [0.1, 0.15) is 19.1 Å². The molecule has 0 atom stereocenters. The molecule has 98 valence electrons. The Kier molecular flexibility index (Phi) is 5.90. The maximum atomic E-state index is 11.0. The van der Waals surface area contributed by atoms with E-state index in [-0.39, 0.29) is 19.0 Å². The van der Waals surface area contributed by atoms with Crippen molar-refractivity contribution in [1.29, 1.82) is 0 Å².